The van der Waals surface area contributed by atoms with Gasteiger partial charge in [0, 0.05) is 11.3 Å². The number of nitrogens with one attached hydrogen (secondary N) is 2. The number of carbonyl (C=O) groups excluding carboxylic acids is 1. The molecule has 5 nitrogen and oxygen atoms in total. The summed E-state index contributed by atoms with van der Waals surface area (Å²) in [6.45, 7) is 4.73. The molecule has 0 aromatic carbocycles. The number of nitrogens with zero attached hydrogens (tertiary/aromatic N) is 1. The van der Waals surface area contributed by atoms with Crippen molar-refractivity contribution in [2.45, 2.75) is 18.6 Å². The van der Waals surface area contributed by atoms with Crippen LogP contribution in [0, 0.1) is 0 Å². The largest absolute Gasteiger partial charge is 0.383 e. The van der Waals surface area contributed by atoms with Gasteiger partial charge in [-0.15, -0.1) is 0 Å². The van der Waals surface area contributed by atoms with Gasteiger partial charge < -0.3 is 11.1 Å². The van der Waals surface area contributed by atoms with Gasteiger partial charge in [0.25, 0.3) is 5.91 Å². The average molecular weight is 228 g/mol. The molecule has 0 aliphatic carbocycles. The summed E-state index contributed by atoms with van der Waals surface area (Å²) in [5, 5.41) is 9.03. The summed E-state index contributed by atoms with van der Waals surface area (Å²) in [7, 11) is 0. The molecule has 0 atom stereocenters. The number of hydrogen-bond acceptors (Lipinski definition) is 4. The summed E-state index contributed by atoms with van der Waals surface area (Å²) in [6.07, 6.45) is 3.44. The van der Waals surface area contributed by atoms with Crippen LogP contribution in [0.1, 0.15) is 24.2 Å². The van der Waals surface area contributed by atoms with E-state index in [9.17, 15) is 4.79 Å². The van der Waals surface area contributed by atoms with Crippen LogP contribution in [0.4, 0.5) is 5.82 Å². The Bertz CT molecular complexity index is 348. The molecular weight excluding hydrogens is 212 g/mol. The quantitative estimate of drug-likeness (QED) is 0.713. The van der Waals surface area contributed by atoms with E-state index >= 15 is 0 Å². The molecule has 1 rings (SSSR count). The number of rotatable bonds is 4. The summed E-state index contributed by atoms with van der Waals surface area (Å²) in [6, 6.07) is 0. The topological polar surface area (TPSA) is 83.8 Å². The molecule has 0 bridgehead atoms. The summed E-state index contributed by atoms with van der Waals surface area (Å²) >= 11 is 1.70. The molecule has 1 amide bonds. The van der Waals surface area contributed by atoms with Crippen molar-refractivity contribution in [3.05, 3.63) is 11.8 Å². The third kappa shape index (κ3) is 3.16. The van der Waals surface area contributed by atoms with Gasteiger partial charge >= 0.3 is 0 Å². The predicted molar refractivity (Wildman–Crippen MR) is 62.9 cm³/mol. The summed E-state index contributed by atoms with van der Waals surface area (Å²) < 4.78 is 0.0220. The molecule has 0 aliphatic rings. The smallest absolute Gasteiger partial charge is 0.256 e. The minimum atomic E-state index is -0.191. The molecule has 0 saturated heterocycles. The molecule has 15 heavy (non-hydrogen) atoms. The number of carbonyl (C=O) groups is 1. The second kappa shape index (κ2) is 4.57. The number of nitrogens with two attached hydrogens (primary N) is 1. The molecule has 0 saturated carbocycles. The summed E-state index contributed by atoms with van der Waals surface area (Å²) in [5.74, 6) is 0.109. The van der Waals surface area contributed by atoms with Gasteiger partial charge in [-0.2, -0.15) is 16.9 Å². The molecule has 0 fully saturated rings. The zero-order chi connectivity index (χ0) is 11.5. The van der Waals surface area contributed by atoms with Crippen molar-refractivity contribution < 1.29 is 4.79 Å². The zero-order valence-electron chi connectivity index (χ0n) is 9.13. The van der Waals surface area contributed by atoms with Crippen molar-refractivity contribution in [3.8, 4) is 0 Å². The Hall–Kier alpha value is -1.17. The maximum atomic E-state index is 11.6. The van der Waals surface area contributed by atoms with Crippen LogP contribution in [-0.2, 0) is 0 Å². The number of nitrogen functional groups attached to an aromatic ring is 1. The van der Waals surface area contributed by atoms with E-state index in [0.29, 0.717) is 17.9 Å². The SMILES string of the molecule is CSC(C)(C)CNC(=O)c1cn[nH]c1N. The Morgan fingerprint density at radius 1 is 1.73 bits per heavy atom. The van der Waals surface area contributed by atoms with Crippen LogP contribution < -0.4 is 11.1 Å². The molecular formula is C9H16N4OS. The number of aromatic amines is 1. The molecule has 0 radical (unpaired) electrons. The Labute approximate surface area is 93.2 Å². The Morgan fingerprint density at radius 2 is 2.40 bits per heavy atom. The van der Waals surface area contributed by atoms with Crippen LogP contribution in [0.3, 0.4) is 0 Å². The molecule has 0 spiro atoms. The van der Waals surface area contributed by atoms with Crippen LogP contribution >= 0.6 is 11.8 Å². The lowest BCUT2D eigenvalue weighted by molar-refractivity contribution is 0.0952. The predicted octanol–water partition coefficient (Wildman–Crippen LogP) is 0.863. The lowest BCUT2D eigenvalue weighted by Gasteiger charge is -2.21. The molecule has 0 unspecified atom stereocenters. The monoisotopic (exact) mass is 228 g/mol. The normalized spacial score (nSPS) is 11.4. The number of anilines is 1. The van der Waals surface area contributed by atoms with Crippen LogP contribution in [0.25, 0.3) is 0 Å². The van der Waals surface area contributed by atoms with E-state index in [2.05, 4.69) is 29.4 Å². The minimum absolute atomic E-state index is 0.0220. The van der Waals surface area contributed by atoms with Gasteiger partial charge in [0.05, 0.1) is 6.20 Å². The van der Waals surface area contributed by atoms with Crippen LogP contribution in [0.5, 0.6) is 0 Å². The van der Waals surface area contributed by atoms with Gasteiger partial charge in [-0.3, -0.25) is 9.89 Å². The van der Waals surface area contributed by atoms with Crippen molar-refractivity contribution in [2.75, 3.05) is 18.5 Å². The van der Waals surface area contributed by atoms with E-state index in [1.165, 1.54) is 6.20 Å². The van der Waals surface area contributed by atoms with Crippen LogP contribution in [0.15, 0.2) is 6.20 Å². The fraction of sp³-hybridized carbons (Fsp3) is 0.556. The molecule has 84 valence electrons. The number of amides is 1. The van der Waals surface area contributed by atoms with E-state index in [4.69, 9.17) is 5.73 Å². The first-order valence-corrected chi connectivity index (χ1v) is 5.81. The third-order valence-electron chi connectivity index (χ3n) is 2.14. The fourth-order valence-electron chi connectivity index (χ4n) is 0.938. The highest BCUT2D eigenvalue weighted by Crippen LogP contribution is 2.19. The highest BCUT2D eigenvalue weighted by molar-refractivity contribution is 7.99. The zero-order valence-corrected chi connectivity index (χ0v) is 9.94. The van der Waals surface area contributed by atoms with Gasteiger partial charge in [0.15, 0.2) is 0 Å². The van der Waals surface area contributed by atoms with Gasteiger partial charge in [-0.1, -0.05) is 0 Å². The second-order valence-corrected chi connectivity index (χ2v) is 5.36. The van der Waals surface area contributed by atoms with Crippen molar-refractivity contribution in [3.63, 3.8) is 0 Å². The third-order valence-corrected chi connectivity index (χ3v) is 3.39. The molecule has 6 heteroatoms. The lowest BCUT2D eigenvalue weighted by Crippen LogP contribution is -2.36. The molecule has 1 aromatic heterocycles. The molecule has 1 aromatic rings. The number of thioether (sulfide) groups is 1. The number of hydrogen-bond donors (Lipinski definition) is 3. The van der Waals surface area contributed by atoms with Gasteiger partial charge in [-0.05, 0) is 20.1 Å². The summed E-state index contributed by atoms with van der Waals surface area (Å²) in [5.41, 5.74) is 5.92. The summed E-state index contributed by atoms with van der Waals surface area (Å²) in [4.78, 5) is 11.6. The maximum absolute atomic E-state index is 11.6. The van der Waals surface area contributed by atoms with Crippen LogP contribution in [-0.4, -0.2) is 33.7 Å². The highest BCUT2D eigenvalue weighted by Gasteiger charge is 2.18. The van der Waals surface area contributed by atoms with Gasteiger partial charge in [0.1, 0.15) is 11.4 Å². The molecule has 4 N–H and O–H groups in total. The highest BCUT2D eigenvalue weighted by atomic mass is 32.2. The number of aromatic nitrogens is 2. The lowest BCUT2D eigenvalue weighted by atomic mass is 10.2. The van der Waals surface area contributed by atoms with Crippen molar-refractivity contribution in [1.82, 2.24) is 15.5 Å². The Balaban J connectivity index is 2.55. The fourth-order valence-corrected chi connectivity index (χ4v) is 1.15. The first-order chi connectivity index (χ1) is 6.96. The Kier molecular flexibility index (Phi) is 3.62. The van der Waals surface area contributed by atoms with E-state index in [1.54, 1.807) is 11.8 Å². The van der Waals surface area contributed by atoms with E-state index in [-0.39, 0.29) is 10.7 Å². The van der Waals surface area contributed by atoms with Crippen molar-refractivity contribution in [2.24, 2.45) is 0 Å². The van der Waals surface area contributed by atoms with Crippen molar-refractivity contribution in [1.29, 1.82) is 0 Å². The van der Waals surface area contributed by atoms with E-state index in [0.717, 1.165) is 0 Å². The number of H-pyrrole nitrogens is 1. The van der Waals surface area contributed by atoms with E-state index in [1.807, 2.05) is 6.26 Å². The molecule has 0 aliphatic heterocycles. The minimum Gasteiger partial charge on any atom is -0.383 e. The molecule has 1 heterocycles. The van der Waals surface area contributed by atoms with E-state index < -0.39 is 0 Å². The maximum Gasteiger partial charge on any atom is 0.256 e. The van der Waals surface area contributed by atoms with Crippen LogP contribution in [0.2, 0.25) is 0 Å². The van der Waals surface area contributed by atoms with Gasteiger partial charge in [0.2, 0.25) is 0 Å². The first kappa shape index (κ1) is 11.9. The standard InChI is InChI=1S/C9H16N4OS/c1-9(2,15-3)5-11-8(14)6-4-12-13-7(6)10/h4H,5H2,1-3H3,(H,11,14)(H3,10,12,13). The first-order valence-electron chi connectivity index (χ1n) is 4.58. The van der Waals surface area contributed by atoms with Crippen molar-refractivity contribution >= 4 is 23.5 Å². The Morgan fingerprint density at radius 3 is 2.87 bits per heavy atom. The average Bonchev–Trinajstić information content (AvgIpc) is 2.61. The van der Waals surface area contributed by atoms with Gasteiger partial charge in [-0.25, -0.2) is 0 Å². The second-order valence-electron chi connectivity index (χ2n) is 3.84.